The third kappa shape index (κ3) is 3.64. The van der Waals surface area contributed by atoms with Crippen LogP contribution in [0.25, 0.3) is 0 Å². The Morgan fingerprint density at radius 3 is 3.12 bits per heavy atom. The summed E-state index contributed by atoms with van der Waals surface area (Å²) in [6, 6.07) is 0. The standard InChI is InChI=1S/C12H22N4S/c1-3-5-10-15-11(17-16-10)14-9-12(2)6-4-7-13-8-12/h13H,3-9H2,1-2H3,(H,14,15,16). The lowest BCUT2D eigenvalue weighted by Gasteiger charge is -2.34. The van der Waals surface area contributed by atoms with E-state index in [1.54, 1.807) is 0 Å². The van der Waals surface area contributed by atoms with Crippen LogP contribution in [0.1, 0.15) is 38.9 Å². The molecule has 96 valence electrons. The molecule has 1 aromatic heterocycles. The molecule has 4 nitrogen and oxygen atoms in total. The van der Waals surface area contributed by atoms with E-state index in [1.807, 2.05) is 0 Å². The Morgan fingerprint density at radius 1 is 1.53 bits per heavy atom. The van der Waals surface area contributed by atoms with Crippen LogP contribution in [0.3, 0.4) is 0 Å². The molecule has 2 N–H and O–H groups in total. The van der Waals surface area contributed by atoms with Gasteiger partial charge in [0.05, 0.1) is 0 Å². The van der Waals surface area contributed by atoms with Gasteiger partial charge in [-0.1, -0.05) is 13.8 Å². The number of aromatic nitrogens is 2. The Hall–Kier alpha value is -0.680. The number of rotatable bonds is 5. The van der Waals surface area contributed by atoms with E-state index < -0.39 is 0 Å². The number of nitrogens with zero attached hydrogens (tertiary/aromatic N) is 2. The maximum Gasteiger partial charge on any atom is 0.202 e. The van der Waals surface area contributed by atoms with Gasteiger partial charge < -0.3 is 10.6 Å². The molecule has 0 bridgehead atoms. The Morgan fingerprint density at radius 2 is 2.41 bits per heavy atom. The third-order valence-corrected chi connectivity index (χ3v) is 4.00. The molecule has 1 aliphatic rings. The summed E-state index contributed by atoms with van der Waals surface area (Å²) in [6.07, 6.45) is 4.65. The topological polar surface area (TPSA) is 49.8 Å². The lowest BCUT2D eigenvalue weighted by Crippen LogP contribution is -2.42. The normalized spacial score (nSPS) is 24.8. The fraction of sp³-hybridized carbons (Fsp3) is 0.833. The van der Waals surface area contributed by atoms with Crippen molar-refractivity contribution in [3.63, 3.8) is 0 Å². The molecule has 0 aromatic carbocycles. The summed E-state index contributed by atoms with van der Waals surface area (Å²) in [4.78, 5) is 4.49. The number of aryl methyl sites for hydroxylation is 1. The van der Waals surface area contributed by atoms with Gasteiger partial charge in [-0.15, -0.1) is 0 Å². The lowest BCUT2D eigenvalue weighted by molar-refractivity contribution is 0.253. The summed E-state index contributed by atoms with van der Waals surface area (Å²) < 4.78 is 4.34. The Labute approximate surface area is 107 Å². The number of nitrogens with one attached hydrogen (secondary N) is 2. The average molecular weight is 254 g/mol. The molecule has 1 fully saturated rings. The lowest BCUT2D eigenvalue weighted by atomic mass is 9.83. The quantitative estimate of drug-likeness (QED) is 0.846. The van der Waals surface area contributed by atoms with Gasteiger partial charge in [0.25, 0.3) is 0 Å². The predicted octanol–water partition coefficient (Wildman–Crippen LogP) is 2.29. The third-order valence-electron chi connectivity index (χ3n) is 3.29. The highest BCUT2D eigenvalue weighted by Gasteiger charge is 2.26. The molecule has 0 amide bonds. The molecule has 0 spiro atoms. The van der Waals surface area contributed by atoms with Crippen molar-refractivity contribution < 1.29 is 0 Å². The SMILES string of the molecule is CCCc1nsc(NCC2(C)CCCNC2)n1. The summed E-state index contributed by atoms with van der Waals surface area (Å²) in [5.41, 5.74) is 0.356. The summed E-state index contributed by atoms with van der Waals surface area (Å²) in [5.74, 6) is 0.979. The molecule has 2 rings (SSSR count). The maximum atomic E-state index is 4.49. The molecule has 2 heterocycles. The molecule has 0 aliphatic carbocycles. The Bertz CT molecular complexity index is 344. The second-order valence-corrected chi connectivity index (χ2v) is 5.96. The first-order valence-electron chi connectivity index (χ1n) is 6.49. The van der Waals surface area contributed by atoms with Gasteiger partial charge in [0.15, 0.2) is 0 Å². The van der Waals surface area contributed by atoms with E-state index in [1.165, 1.54) is 24.4 Å². The van der Waals surface area contributed by atoms with Crippen LogP contribution in [0.4, 0.5) is 5.13 Å². The van der Waals surface area contributed by atoms with Crippen molar-refractivity contribution in [2.24, 2.45) is 5.41 Å². The van der Waals surface area contributed by atoms with Crippen LogP contribution in [0, 0.1) is 5.41 Å². The van der Waals surface area contributed by atoms with Crippen molar-refractivity contribution >= 4 is 16.7 Å². The van der Waals surface area contributed by atoms with E-state index in [-0.39, 0.29) is 0 Å². The van der Waals surface area contributed by atoms with E-state index >= 15 is 0 Å². The number of hydrogen-bond acceptors (Lipinski definition) is 5. The van der Waals surface area contributed by atoms with Crippen molar-refractivity contribution in [2.75, 3.05) is 25.0 Å². The highest BCUT2D eigenvalue weighted by Crippen LogP contribution is 2.26. The van der Waals surface area contributed by atoms with E-state index in [2.05, 4.69) is 33.8 Å². The fourth-order valence-electron chi connectivity index (χ4n) is 2.21. The zero-order valence-corrected chi connectivity index (χ0v) is 11.6. The van der Waals surface area contributed by atoms with Crippen LogP contribution >= 0.6 is 11.5 Å². The molecular weight excluding hydrogens is 232 g/mol. The van der Waals surface area contributed by atoms with Gasteiger partial charge >= 0.3 is 0 Å². The zero-order valence-electron chi connectivity index (χ0n) is 10.8. The number of piperidine rings is 1. The Balaban J connectivity index is 1.83. The van der Waals surface area contributed by atoms with Crippen molar-refractivity contribution in [2.45, 2.75) is 39.5 Å². The minimum Gasteiger partial charge on any atom is -0.360 e. The molecule has 0 radical (unpaired) electrons. The second kappa shape index (κ2) is 5.78. The molecule has 0 saturated carbocycles. The van der Waals surface area contributed by atoms with E-state index in [0.717, 1.165) is 43.4 Å². The van der Waals surface area contributed by atoms with Gasteiger partial charge in [-0.05, 0) is 31.2 Å². The highest BCUT2D eigenvalue weighted by molar-refractivity contribution is 7.09. The first kappa shape index (κ1) is 12.8. The minimum absolute atomic E-state index is 0.356. The van der Waals surface area contributed by atoms with Crippen molar-refractivity contribution in [3.8, 4) is 0 Å². The van der Waals surface area contributed by atoms with Crippen LogP contribution in [0.5, 0.6) is 0 Å². The summed E-state index contributed by atoms with van der Waals surface area (Å²) in [6.45, 7) is 7.74. The minimum atomic E-state index is 0.356. The molecular formula is C12H22N4S. The van der Waals surface area contributed by atoms with Gasteiger partial charge in [0, 0.05) is 31.0 Å². The molecule has 1 atom stereocenters. The summed E-state index contributed by atoms with van der Waals surface area (Å²) in [7, 11) is 0. The van der Waals surface area contributed by atoms with Gasteiger partial charge in [-0.3, -0.25) is 0 Å². The van der Waals surface area contributed by atoms with E-state index in [9.17, 15) is 0 Å². The molecule has 1 saturated heterocycles. The van der Waals surface area contributed by atoms with Crippen molar-refractivity contribution in [1.82, 2.24) is 14.7 Å². The van der Waals surface area contributed by atoms with Crippen LogP contribution in [0.15, 0.2) is 0 Å². The molecule has 1 aliphatic heterocycles. The van der Waals surface area contributed by atoms with Gasteiger partial charge in [0.1, 0.15) is 5.82 Å². The van der Waals surface area contributed by atoms with Crippen LogP contribution in [-0.4, -0.2) is 29.0 Å². The fourth-order valence-corrected chi connectivity index (χ4v) is 2.82. The van der Waals surface area contributed by atoms with E-state index in [4.69, 9.17) is 0 Å². The summed E-state index contributed by atoms with van der Waals surface area (Å²) >= 11 is 1.48. The van der Waals surface area contributed by atoms with Crippen molar-refractivity contribution in [3.05, 3.63) is 5.82 Å². The van der Waals surface area contributed by atoms with Gasteiger partial charge in [0.2, 0.25) is 5.13 Å². The monoisotopic (exact) mass is 254 g/mol. The van der Waals surface area contributed by atoms with Crippen molar-refractivity contribution in [1.29, 1.82) is 0 Å². The molecule has 1 unspecified atom stereocenters. The smallest absolute Gasteiger partial charge is 0.202 e. The van der Waals surface area contributed by atoms with Crippen LogP contribution < -0.4 is 10.6 Å². The largest absolute Gasteiger partial charge is 0.360 e. The van der Waals surface area contributed by atoms with Crippen LogP contribution in [0.2, 0.25) is 0 Å². The van der Waals surface area contributed by atoms with Crippen LogP contribution in [-0.2, 0) is 6.42 Å². The molecule has 5 heteroatoms. The van der Waals surface area contributed by atoms with E-state index in [0.29, 0.717) is 5.41 Å². The van der Waals surface area contributed by atoms with Gasteiger partial charge in [-0.25, -0.2) is 4.98 Å². The molecule has 1 aromatic rings. The average Bonchev–Trinajstić information content (AvgIpc) is 2.76. The number of hydrogen-bond donors (Lipinski definition) is 2. The first-order chi connectivity index (χ1) is 8.22. The Kier molecular flexibility index (Phi) is 4.34. The highest BCUT2D eigenvalue weighted by atomic mass is 32.1. The maximum absolute atomic E-state index is 4.49. The second-order valence-electron chi connectivity index (χ2n) is 5.21. The van der Waals surface area contributed by atoms with Gasteiger partial charge in [-0.2, -0.15) is 4.37 Å². The predicted molar refractivity (Wildman–Crippen MR) is 72.6 cm³/mol. The summed E-state index contributed by atoms with van der Waals surface area (Å²) in [5, 5.41) is 7.88. The number of anilines is 1. The first-order valence-corrected chi connectivity index (χ1v) is 7.26. The molecule has 17 heavy (non-hydrogen) atoms. The zero-order chi connectivity index (χ0) is 12.1.